The van der Waals surface area contributed by atoms with E-state index in [1.807, 2.05) is 0 Å². The summed E-state index contributed by atoms with van der Waals surface area (Å²) in [5, 5.41) is 12.0. The zero-order valence-electron chi connectivity index (χ0n) is 7.57. The van der Waals surface area contributed by atoms with E-state index in [-0.39, 0.29) is 5.82 Å². The van der Waals surface area contributed by atoms with Crippen LogP contribution in [0.2, 0.25) is 0 Å². The number of methoxy groups -OCH3 is 1. The van der Waals surface area contributed by atoms with E-state index >= 15 is 0 Å². The highest BCUT2D eigenvalue weighted by atomic mass is 16.5. The summed E-state index contributed by atoms with van der Waals surface area (Å²) in [4.78, 5) is 14.0. The highest BCUT2D eigenvalue weighted by Crippen LogP contribution is 2.20. The molecule has 0 unspecified atom stereocenters. The number of carboxylic acids is 1. The molecule has 6 nitrogen and oxygen atoms in total. The maximum absolute atomic E-state index is 10.4. The molecule has 0 aliphatic heterocycles. The van der Waals surface area contributed by atoms with Gasteiger partial charge in [0.05, 0.1) is 0 Å². The summed E-state index contributed by atoms with van der Waals surface area (Å²) in [6.07, 6.45) is 0. The van der Waals surface area contributed by atoms with Gasteiger partial charge in [-0.15, -0.1) is 0 Å². The first kappa shape index (κ1) is 9.66. The molecule has 0 spiro atoms. The van der Waals surface area contributed by atoms with Crippen molar-refractivity contribution >= 4 is 5.97 Å². The molecule has 72 valence electrons. The normalized spacial score (nSPS) is 11.6. The van der Waals surface area contributed by atoms with Gasteiger partial charge in [-0.25, -0.2) is 4.79 Å². The van der Waals surface area contributed by atoms with Crippen molar-refractivity contribution in [1.82, 2.24) is 10.1 Å². The number of aromatic nitrogens is 2. The minimum atomic E-state index is -1.24. The van der Waals surface area contributed by atoms with Gasteiger partial charge in [0.15, 0.2) is 0 Å². The SMILES string of the molecule is COC(C)(C)c1noc(C(=O)O)n1. The van der Waals surface area contributed by atoms with E-state index in [4.69, 9.17) is 9.84 Å². The Balaban J connectivity index is 2.98. The number of carboxylic acid groups (broad SMARTS) is 1. The minimum Gasteiger partial charge on any atom is -0.474 e. The average molecular weight is 186 g/mol. The summed E-state index contributed by atoms with van der Waals surface area (Å²) in [5.74, 6) is -1.46. The molecule has 1 aromatic rings. The van der Waals surface area contributed by atoms with E-state index in [2.05, 4.69) is 14.7 Å². The van der Waals surface area contributed by atoms with Gasteiger partial charge in [0.2, 0.25) is 5.82 Å². The summed E-state index contributed by atoms with van der Waals surface area (Å²) < 4.78 is 9.51. The number of hydrogen-bond acceptors (Lipinski definition) is 5. The number of carbonyl (C=O) groups is 1. The lowest BCUT2D eigenvalue weighted by Crippen LogP contribution is -2.21. The molecular formula is C7H10N2O4. The van der Waals surface area contributed by atoms with E-state index in [1.54, 1.807) is 13.8 Å². The Morgan fingerprint density at radius 1 is 1.62 bits per heavy atom. The summed E-state index contributed by atoms with van der Waals surface area (Å²) in [7, 11) is 1.48. The van der Waals surface area contributed by atoms with Crippen LogP contribution >= 0.6 is 0 Å². The number of rotatable bonds is 3. The number of aromatic carboxylic acids is 1. The van der Waals surface area contributed by atoms with Gasteiger partial charge in [0.1, 0.15) is 5.60 Å². The molecule has 0 amide bonds. The Morgan fingerprint density at radius 2 is 2.23 bits per heavy atom. The highest BCUT2D eigenvalue weighted by Gasteiger charge is 2.27. The van der Waals surface area contributed by atoms with Gasteiger partial charge in [0, 0.05) is 7.11 Å². The largest absolute Gasteiger partial charge is 0.474 e. The quantitative estimate of drug-likeness (QED) is 0.745. The van der Waals surface area contributed by atoms with Crippen molar-refractivity contribution in [3.8, 4) is 0 Å². The van der Waals surface area contributed by atoms with Gasteiger partial charge in [0.25, 0.3) is 0 Å². The van der Waals surface area contributed by atoms with Gasteiger partial charge >= 0.3 is 11.9 Å². The Kier molecular flexibility index (Phi) is 2.33. The predicted molar refractivity (Wildman–Crippen MR) is 41.3 cm³/mol. The monoisotopic (exact) mass is 186 g/mol. The van der Waals surface area contributed by atoms with Crippen LogP contribution < -0.4 is 0 Å². The minimum absolute atomic E-state index is 0.215. The van der Waals surface area contributed by atoms with E-state index in [0.717, 1.165) is 0 Å². The smallest absolute Gasteiger partial charge is 0.394 e. The summed E-state index contributed by atoms with van der Waals surface area (Å²) in [6.45, 7) is 3.42. The van der Waals surface area contributed by atoms with Crippen LogP contribution in [0.15, 0.2) is 4.52 Å². The molecule has 6 heteroatoms. The molecule has 0 radical (unpaired) electrons. The van der Waals surface area contributed by atoms with Crippen LogP contribution in [0.1, 0.15) is 30.4 Å². The predicted octanol–water partition coefficient (Wildman–Crippen LogP) is 0.649. The lowest BCUT2D eigenvalue weighted by atomic mass is 10.1. The molecule has 1 rings (SSSR count). The lowest BCUT2D eigenvalue weighted by Gasteiger charge is -2.17. The van der Waals surface area contributed by atoms with Crippen LogP contribution in [0, 0.1) is 0 Å². The molecule has 13 heavy (non-hydrogen) atoms. The van der Waals surface area contributed by atoms with Gasteiger partial charge in [-0.3, -0.25) is 0 Å². The topological polar surface area (TPSA) is 85.5 Å². The third-order valence-electron chi connectivity index (χ3n) is 1.66. The Bertz CT molecular complexity index is 318. The molecule has 0 aliphatic carbocycles. The van der Waals surface area contributed by atoms with Crippen LogP contribution in [0.5, 0.6) is 0 Å². The van der Waals surface area contributed by atoms with Gasteiger partial charge in [-0.05, 0) is 13.8 Å². The first-order valence-electron chi connectivity index (χ1n) is 3.60. The van der Waals surface area contributed by atoms with Crippen molar-refractivity contribution in [1.29, 1.82) is 0 Å². The zero-order valence-corrected chi connectivity index (χ0v) is 7.57. The Labute approximate surface area is 74.5 Å². The third-order valence-corrected chi connectivity index (χ3v) is 1.66. The van der Waals surface area contributed by atoms with E-state index in [0.29, 0.717) is 0 Å². The molecule has 0 bridgehead atoms. The second kappa shape index (κ2) is 3.14. The molecule has 0 aliphatic rings. The van der Waals surface area contributed by atoms with Gasteiger partial charge < -0.3 is 14.4 Å². The Hall–Kier alpha value is -1.43. The first-order valence-corrected chi connectivity index (χ1v) is 3.60. The average Bonchev–Trinajstić information content (AvgIpc) is 2.52. The maximum atomic E-state index is 10.4. The number of nitrogens with zero attached hydrogens (tertiary/aromatic N) is 2. The maximum Gasteiger partial charge on any atom is 0.394 e. The van der Waals surface area contributed by atoms with E-state index in [9.17, 15) is 4.79 Å². The van der Waals surface area contributed by atoms with Crippen molar-refractivity contribution in [2.24, 2.45) is 0 Å². The fourth-order valence-corrected chi connectivity index (χ4v) is 0.646. The molecule has 0 atom stereocenters. The molecule has 0 fully saturated rings. The van der Waals surface area contributed by atoms with E-state index in [1.165, 1.54) is 7.11 Å². The lowest BCUT2D eigenvalue weighted by molar-refractivity contribution is 0.00972. The van der Waals surface area contributed by atoms with Crippen molar-refractivity contribution in [2.45, 2.75) is 19.4 Å². The standard InChI is InChI=1S/C7H10N2O4/c1-7(2,12-3)6-8-4(5(10)11)13-9-6/h1-3H3,(H,10,11). The second-order valence-electron chi connectivity index (χ2n) is 2.94. The fourth-order valence-electron chi connectivity index (χ4n) is 0.646. The molecule has 0 aromatic carbocycles. The van der Waals surface area contributed by atoms with Crippen molar-refractivity contribution in [2.75, 3.05) is 7.11 Å². The highest BCUT2D eigenvalue weighted by molar-refractivity contribution is 5.81. The zero-order chi connectivity index (χ0) is 10.1. The van der Waals surface area contributed by atoms with Gasteiger partial charge in [-0.2, -0.15) is 4.98 Å². The molecule has 1 N–H and O–H groups in total. The van der Waals surface area contributed by atoms with Crippen LogP contribution in [-0.4, -0.2) is 28.3 Å². The summed E-state index contributed by atoms with van der Waals surface area (Å²) >= 11 is 0. The third kappa shape index (κ3) is 1.83. The Morgan fingerprint density at radius 3 is 2.62 bits per heavy atom. The summed E-state index contributed by atoms with van der Waals surface area (Å²) in [6, 6.07) is 0. The molecule has 1 aromatic heterocycles. The number of hydrogen-bond donors (Lipinski definition) is 1. The fraction of sp³-hybridized carbons (Fsp3) is 0.571. The summed E-state index contributed by atoms with van der Waals surface area (Å²) in [5.41, 5.74) is -0.739. The number of ether oxygens (including phenoxy) is 1. The van der Waals surface area contributed by atoms with Crippen molar-refractivity contribution in [3.63, 3.8) is 0 Å². The first-order chi connectivity index (χ1) is 5.97. The van der Waals surface area contributed by atoms with Crippen LogP contribution in [-0.2, 0) is 10.3 Å². The molecule has 0 saturated heterocycles. The second-order valence-corrected chi connectivity index (χ2v) is 2.94. The molecule has 1 heterocycles. The van der Waals surface area contributed by atoms with Crippen LogP contribution in [0.4, 0.5) is 0 Å². The molecular weight excluding hydrogens is 176 g/mol. The van der Waals surface area contributed by atoms with Crippen molar-refractivity contribution in [3.05, 3.63) is 11.7 Å². The molecule has 0 saturated carbocycles. The van der Waals surface area contributed by atoms with Crippen molar-refractivity contribution < 1.29 is 19.2 Å². The van der Waals surface area contributed by atoms with E-state index < -0.39 is 17.5 Å². The van der Waals surface area contributed by atoms with Crippen LogP contribution in [0.25, 0.3) is 0 Å². The van der Waals surface area contributed by atoms with Crippen LogP contribution in [0.3, 0.4) is 0 Å². The van der Waals surface area contributed by atoms with Gasteiger partial charge in [-0.1, -0.05) is 5.16 Å².